The zero-order valence-corrected chi connectivity index (χ0v) is 13.3. The highest BCUT2D eigenvalue weighted by molar-refractivity contribution is 9.09. The zero-order chi connectivity index (χ0) is 11.8. The second kappa shape index (κ2) is 5.45. The molecule has 1 aliphatic rings. The number of nitrogens with zero attached hydrogens (tertiary/aromatic N) is 1. The Balaban J connectivity index is 0.00000120. The van der Waals surface area contributed by atoms with Gasteiger partial charge in [0.2, 0.25) is 0 Å². The minimum Gasteiger partial charge on any atom is -0.497 e. The van der Waals surface area contributed by atoms with Gasteiger partial charge in [-0.05, 0) is 24.1 Å². The van der Waals surface area contributed by atoms with Gasteiger partial charge in [0.05, 0.1) is 18.5 Å². The van der Waals surface area contributed by atoms with E-state index >= 15 is 0 Å². The second-order valence-electron chi connectivity index (χ2n) is 4.10. The zero-order valence-electron chi connectivity index (χ0n) is 10.00. The van der Waals surface area contributed by atoms with Crippen molar-refractivity contribution in [2.24, 2.45) is 4.99 Å². The van der Waals surface area contributed by atoms with Crippen LogP contribution in [0.5, 0.6) is 5.75 Å². The van der Waals surface area contributed by atoms with Crippen LogP contribution in [0.4, 0.5) is 0 Å². The van der Waals surface area contributed by atoms with E-state index in [0.29, 0.717) is 0 Å². The number of halogens is 2. The molecule has 1 aliphatic heterocycles. The summed E-state index contributed by atoms with van der Waals surface area (Å²) >= 11 is 3.49. The summed E-state index contributed by atoms with van der Waals surface area (Å²) in [6, 6.07) is 6.18. The average Bonchev–Trinajstić information content (AvgIpc) is 2.75. The Hall–Kier alpha value is -0.810. The molecule has 0 saturated carbocycles. The molecule has 0 bridgehead atoms. The molecular formula is C13H14Br2N2O. The molecule has 3 rings (SSSR count). The van der Waals surface area contributed by atoms with Gasteiger partial charge in [-0.3, -0.25) is 4.99 Å². The van der Waals surface area contributed by atoms with Crippen LogP contribution in [0.1, 0.15) is 11.3 Å². The van der Waals surface area contributed by atoms with E-state index in [1.165, 1.54) is 16.6 Å². The number of H-pyrrole nitrogens is 1. The number of methoxy groups -OCH3 is 1. The Morgan fingerprint density at radius 3 is 3.00 bits per heavy atom. The van der Waals surface area contributed by atoms with Crippen LogP contribution in [0, 0.1) is 0 Å². The lowest BCUT2D eigenvalue weighted by Gasteiger charge is -2.10. The third-order valence-corrected chi connectivity index (χ3v) is 3.72. The van der Waals surface area contributed by atoms with Crippen molar-refractivity contribution >= 4 is 49.5 Å². The molecule has 0 fully saturated rings. The topological polar surface area (TPSA) is 37.4 Å². The Kier molecular flexibility index (Phi) is 4.12. The molecule has 2 heterocycles. The van der Waals surface area contributed by atoms with Gasteiger partial charge in [0.15, 0.2) is 0 Å². The number of aliphatic imine (C=N–C) groups is 1. The fourth-order valence-corrected chi connectivity index (χ4v) is 2.82. The lowest BCUT2D eigenvalue weighted by Crippen LogP contribution is -2.13. The first-order valence-electron chi connectivity index (χ1n) is 5.61. The molecule has 0 amide bonds. The summed E-state index contributed by atoms with van der Waals surface area (Å²) in [5, 5.41) is 2.08. The molecule has 0 spiro atoms. The van der Waals surface area contributed by atoms with Crippen LogP contribution in [0.2, 0.25) is 0 Å². The number of rotatable bonds is 2. The lowest BCUT2D eigenvalue weighted by molar-refractivity contribution is 0.415. The van der Waals surface area contributed by atoms with Gasteiger partial charge in [0, 0.05) is 28.8 Å². The van der Waals surface area contributed by atoms with Gasteiger partial charge in [-0.2, -0.15) is 0 Å². The number of aromatic amines is 1. The molecule has 0 aliphatic carbocycles. The number of hydrogen-bond donors (Lipinski definition) is 1. The Labute approximate surface area is 125 Å². The lowest BCUT2D eigenvalue weighted by atomic mass is 10.0. The Morgan fingerprint density at radius 1 is 1.44 bits per heavy atom. The summed E-state index contributed by atoms with van der Waals surface area (Å²) < 4.78 is 5.25. The molecule has 1 aromatic carbocycles. The highest BCUT2D eigenvalue weighted by Gasteiger charge is 2.18. The summed E-state index contributed by atoms with van der Waals surface area (Å²) in [6.45, 7) is 0.882. The van der Waals surface area contributed by atoms with E-state index in [2.05, 4.69) is 32.0 Å². The van der Waals surface area contributed by atoms with Crippen molar-refractivity contribution in [2.45, 2.75) is 6.42 Å². The molecule has 0 unspecified atom stereocenters. The molecule has 18 heavy (non-hydrogen) atoms. The molecule has 2 aromatic rings. The van der Waals surface area contributed by atoms with Gasteiger partial charge in [0.1, 0.15) is 5.75 Å². The number of nitrogens with one attached hydrogen (secondary N) is 1. The molecule has 5 heteroatoms. The number of aromatic nitrogens is 1. The summed E-state index contributed by atoms with van der Waals surface area (Å²) in [7, 11) is 1.69. The summed E-state index contributed by atoms with van der Waals surface area (Å²) in [4.78, 5) is 7.99. The number of alkyl halides is 1. The smallest absolute Gasteiger partial charge is 0.120 e. The monoisotopic (exact) mass is 372 g/mol. The standard InChI is InChI=1S/C13H13BrN2O.BrH/c1-17-8-2-3-9-10-4-5-15-12(7-14)13(10)16-11(9)6-8;/h2-3,6,16H,4-5,7H2,1H3;1H. The predicted molar refractivity (Wildman–Crippen MR) is 84.1 cm³/mol. The van der Waals surface area contributed by atoms with Gasteiger partial charge >= 0.3 is 0 Å². The molecule has 0 atom stereocenters. The van der Waals surface area contributed by atoms with E-state index in [4.69, 9.17) is 4.74 Å². The van der Waals surface area contributed by atoms with Crippen molar-refractivity contribution in [1.29, 1.82) is 0 Å². The van der Waals surface area contributed by atoms with Crippen molar-refractivity contribution < 1.29 is 4.74 Å². The molecule has 0 saturated heterocycles. The fourth-order valence-electron chi connectivity index (χ4n) is 2.36. The van der Waals surface area contributed by atoms with Gasteiger partial charge in [-0.1, -0.05) is 15.9 Å². The molecule has 1 aromatic heterocycles. The molecule has 0 radical (unpaired) electrons. The van der Waals surface area contributed by atoms with Gasteiger partial charge in [-0.15, -0.1) is 17.0 Å². The first-order chi connectivity index (χ1) is 8.33. The summed E-state index contributed by atoms with van der Waals surface area (Å²) in [6.07, 6.45) is 1.01. The minimum atomic E-state index is 0. The fraction of sp³-hybridized carbons (Fsp3) is 0.308. The van der Waals surface area contributed by atoms with E-state index in [-0.39, 0.29) is 17.0 Å². The van der Waals surface area contributed by atoms with Gasteiger partial charge < -0.3 is 9.72 Å². The second-order valence-corrected chi connectivity index (χ2v) is 4.66. The van der Waals surface area contributed by atoms with Gasteiger partial charge in [0.25, 0.3) is 0 Å². The molecule has 96 valence electrons. The highest BCUT2D eigenvalue weighted by Crippen LogP contribution is 2.29. The summed E-state index contributed by atoms with van der Waals surface area (Å²) in [5.74, 6) is 0.883. The Bertz CT molecular complexity index is 604. The highest BCUT2D eigenvalue weighted by atomic mass is 79.9. The van der Waals surface area contributed by atoms with Crippen LogP contribution in [0.15, 0.2) is 23.2 Å². The van der Waals surface area contributed by atoms with E-state index < -0.39 is 0 Å². The van der Waals surface area contributed by atoms with Crippen molar-refractivity contribution in [3.8, 4) is 5.75 Å². The number of fused-ring (bicyclic) bond motifs is 3. The number of benzene rings is 1. The van der Waals surface area contributed by atoms with Crippen molar-refractivity contribution in [3.05, 3.63) is 29.5 Å². The SMILES string of the molecule is Br.COc1ccc2c3c([nH]c2c1)C(CBr)=NCC3. The van der Waals surface area contributed by atoms with Crippen molar-refractivity contribution in [3.63, 3.8) is 0 Å². The summed E-state index contributed by atoms with van der Waals surface area (Å²) in [5.41, 5.74) is 4.80. The predicted octanol–water partition coefficient (Wildman–Crippen LogP) is 3.49. The van der Waals surface area contributed by atoms with Gasteiger partial charge in [-0.25, -0.2) is 0 Å². The van der Waals surface area contributed by atoms with Crippen LogP contribution in [0.3, 0.4) is 0 Å². The van der Waals surface area contributed by atoms with E-state index in [1.54, 1.807) is 7.11 Å². The maximum absolute atomic E-state index is 5.25. The van der Waals surface area contributed by atoms with Crippen LogP contribution in [0.25, 0.3) is 10.9 Å². The van der Waals surface area contributed by atoms with Crippen LogP contribution in [-0.4, -0.2) is 29.7 Å². The van der Waals surface area contributed by atoms with E-state index in [9.17, 15) is 0 Å². The minimum absolute atomic E-state index is 0. The van der Waals surface area contributed by atoms with Crippen molar-refractivity contribution in [2.75, 3.05) is 19.0 Å². The third kappa shape index (κ3) is 2.10. The Morgan fingerprint density at radius 2 is 2.28 bits per heavy atom. The maximum atomic E-state index is 5.25. The first-order valence-corrected chi connectivity index (χ1v) is 6.74. The van der Waals surface area contributed by atoms with E-state index in [0.717, 1.165) is 35.3 Å². The molecule has 3 nitrogen and oxygen atoms in total. The molecule has 1 N–H and O–H groups in total. The molecular weight excluding hydrogens is 360 g/mol. The average molecular weight is 374 g/mol. The quantitative estimate of drug-likeness (QED) is 0.803. The first kappa shape index (κ1) is 13.6. The third-order valence-electron chi connectivity index (χ3n) is 3.19. The van der Waals surface area contributed by atoms with Crippen LogP contribution >= 0.6 is 32.9 Å². The maximum Gasteiger partial charge on any atom is 0.120 e. The number of hydrogen-bond acceptors (Lipinski definition) is 2. The van der Waals surface area contributed by atoms with Crippen LogP contribution in [-0.2, 0) is 6.42 Å². The van der Waals surface area contributed by atoms with Crippen LogP contribution < -0.4 is 4.74 Å². The number of ether oxygens (including phenoxy) is 1. The van der Waals surface area contributed by atoms with E-state index in [1.807, 2.05) is 12.1 Å². The largest absolute Gasteiger partial charge is 0.497 e. The van der Waals surface area contributed by atoms with Crippen molar-refractivity contribution in [1.82, 2.24) is 4.98 Å². The normalized spacial score (nSPS) is 13.8.